The van der Waals surface area contributed by atoms with Crippen LogP contribution in [0, 0.1) is 0 Å². The predicted molar refractivity (Wildman–Crippen MR) is 60.2 cm³/mol. The molecule has 2 rings (SSSR count). The number of carboxylic acids is 1. The number of nitrogens with one attached hydrogen (secondary N) is 1. The van der Waals surface area contributed by atoms with Crippen LogP contribution in [-0.4, -0.2) is 29.6 Å². The Labute approximate surface area is 111 Å². The van der Waals surface area contributed by atoms with E-state index in [1.165, 1.54) is 6.07 Å². The minimum atomic E-state index is -4.43. The minimum absolute atomic E-state index is 0.0822. The summed E-state index contributed by atoms with van der Waals surface area (Å²) in [4.78, 5) is 21.1. The topological polar surface area (TPSA) is 75.6 Å². The molecule has 1 unspecified atom stereocenters. The summed E-state index contributed by atoms with van der Waals surface area (Å²) in [7, 11) is 0. The van der Waals surface area contributed by atoms with E-state index in [-0.39, 0.29) is 13.0 Å². The van der Waals surface area contributed by atoms with E-state index in [0.29, 0.717) is 11.3 Å². The highest BCUT2D eigenvalue weighted by atomic mass is 19.4. The van der Waals surface area contributed by atoms with Gasteiger partial charge in [0.1, 0.15) is 11.9 Å². The number of hydrogen-bond acceptors (Lipinski definition) is 3. The van der Waals surface area contributed by atoms with Crippen molar-refractivity contribution in [2.24, 2.45) is 0 Å². The molecule has 1 atom stereocenters. The highest BCUT2D eigenvalue weighted by Gasteiger charge is 2.33. The minimum Gasteiger partial charge on any atom is -0.488 e. The first-order chi connectivity index (χ1) is 9.27. The van der Waals surface area contributed by atoms with Gasteiger partial charge in [-0.3, -0.25) is 4.79 Å². The van der Waals surface area contributed by atoms with Gasteiger partial charge in [0.05, 0.1) is 12.1 Å². The monoisotopic (exact) mass is 289 g/mol. The lowest BCUT2D eigenvalue weighted by molar-refractivity contribution is -0.150. The van der Waals surface area contributed by atoms with Gasteiger partial charge in [0.2, 0.25) is 0 Å². The van der Waals surface area contributed by atoms with Crippen LogP contribution in [0.25, 0.3) is 0 Å². The molecule has 1 heterocycles. The summed E-state index contributed by atoms with van der Waals surface area (Å²) in [5.41, 5.74) is -0.385. The average molecular weight is 289 g/mol. The van der Waals surface area contributed by atoms with E-state index >= 15 is 0 Å². The molecule has 20 heavy (non-hydrogen) atoms. The molecular weight excluding hydrogens is 279 g/mol. The molecule has 0 saturated carbocycles. The Morgan fingerprint density at radius 3 is 2.70 bits per heavy atom. The molecule has 0 spiro atoms. The second-order valence-electron chi connectivity index (χ2n) is 4.28. The van der Waals surface area contributed by atoms with Gasteiger partial charge in [-0.1, -0.05) is 0 Å². The van der Waals surface area contributed by atoms with Crippen molar-refractivity contribution in [1.82, 2.24) is 5.32 Å². The van der Waals surface area contributed by atoms with Crippen molar-refractivity contribution in [2.45, 2.75) is 18.7 Å². The van der Waals surface area contributed by atoms with Crippen LogP contribution in [-0.2, 0) is 22.2 Å². The number of amides is 1. The van der Waals surface area contributed by atoms with Crippen molar-refractivity contribution in [3.8, 4) is 5.75 Å². The maximum absolute atomic E-state index is 12.5. The number of fused-ring (bicyclic) bond motifs is 1. The number of carboxylic acid groups (broad SMARTS) is 1. The third kappa shape index (κ3) is 3.01. The van der Waals surface area contributed by atoms with Crippen LogP contribution in [0.15, 0.2) is 18.2 Å². The number of rotatable bonds is 2. The lowest BCUT2D eigenvalue weighted by Crippen LogP contribution is -2.38. The molecule has 0 saturated heterocycles. The van der Waals surface area contributed by atoms with Crippen molar-refractivity contribution in [3.63, 3.8) is 0 Å². The van der Waals surface area contributed by atoms with Crippen molar-refractivity contribution in [3.05, 3.63) is 29.3 Å². The van der Waals surface area contributed by atoms with Gasteiger partial charge in [-0.25, -0.2) is 4.79 Å². The number of ether oxygens (including phenoxy) is 1. The molecule has 1 aromatic rings. The zero-order chi connectivity index (χ0) is 14.9. The second kappa shape index (κ2) is 5.03. The molecule has 1 aromatic carbocycles. The first-order valence-electron chi connectivity index (χ1n) is 5.65. The molecule has 0 aromatic heterocycles. The molecule has 0 aliphatic carbocycles. The number of hydrogen-bond donors (Lipinski definition) is 2. The van der Waals surface area contributed by atoms with Gasteiger partial charge in [-0.15, -0.1) is 0 Å². The van der Waals surface area contributed by atoms with E-state index in [9.17, 15) is 22.8 Å². The summed E-state index contributed by atoms with van der Waals surface area (Å²) >= 11 is 0. The van der Waals surface area contributed by atoms with Gasteiger partial charge in [-0.05, 0) is 23.8 Å². The Bertz CT molecular complexity index is 556. The largest absolute Gasteiger partial charge is 0.488 e. The molecule has 0 bridgehead atoms. The van der Waals surface area contributed by atoms with Crippen LogP contribution < -0.4 is 10.1 Å². The third-order valence-corrected chi connectivity index (χ3v) is 2.81. The Morgan fingerprint density at radius 1 is 1.40 bits per heavy atom. The van der Waals surface area contributed by atoms with E-state index in [2.05, 4.69) is 5.32 Å². The van der Waals surface area contributed by atoms with Crippen LogP contribution in [0.1, 0.15) is 11.1 Å². The van der Waals surface area contributed by atoms with Crippen molar-refractivity contribution < 1.29 is 32.6 Å². The summed E-state index contributed by atoms with van der Waals surface area (Å²) < 4.78 is 42.9. The fourth-order valence-corrected chi connectivity index (χ4v) is 1.89. The molecule has 5 nitrogen and oxygen atoms in total. The van der Waals surface area contributed by atoms with Gasteiger partial charge in [0.25, 0.3) is 0 Å². The standard InChI is InChI=1S/C12H10F3NO4/c13-12(14,15)7-1-2-9-6(3-7)4-8(20-9)5-16-10(17)11(18)19/h1-3,8H,4-5H2,(H,16,17)(H,18,19). The highest BCUT2D eigenvalue weighted by Crippen LogP contribution is 2.35. The number of aliphatic carboxylic acids is 1. The SMILES string of the molecule is O=C(O)C(=O)NCC1Cc2cc(C(F)(F)F)ccc2O1. The van der Waals surface area contributed by atoms with Gasteiger partial charge >= 0.3 is 18.1 Å². The maximum Gasteiger partial charge on any atom is 0.416 e. The average Bonchev–Trinajstić information content (AvgIpc) is 2.76. The summed E-state index contributed by atoms with van der Waals surface area (Å²) in [5.74, 6) is -2.49. The number of benzene rings is 1. The van der Waals surface area contributed by atoms with E-state index in [1.807, 2.05) is 0 Å². The fraction of sp³-hybridized carbons (Fsp3) is 0.333. The smallest absolute Gasteiger partial charge is 0.416 e. The zero-order valence-corrected chi connectivity index (χ0v) is 10.0. The van der Waals surface area contributed by atoms with Gasteiger partial charge in [-0.2, -0.15) is 13.2 Å². The molecule has 1 amide bonds. The molecule has 8 heteroatoms. The third-order valence-electron chi connectivity index (χ3n) is 2.81. The number of alkyl halides is 3. The van der Waals surface area contributed by atoms with Gasteiger partial charge < -0.3 is 15.2 Å². The van der Waals surface area contributed by atoms with E-state index in [4.69, 9.17) is 9.84 Å². The summed E-state index contributed by atoms with van der Waals surface area (Å²) in [5, 5.41) is 10.5. The summed E-state index contributed by atoms with van der Waals surface area (Å²) in [6.45, 7) is -0.0822. The molecular formula is C12H10F3NO4. The molecule has 2 N–H and O–H groups in total. The normalized spacial score (nSPS) is 17.2. The van der Waals surface area contributed by atoms with Gasteiger partial charge in [0.15, 0.2) is 0 Å². The zero-order valence-electron chi connectivity index (χ0n) is 10.0. The van der Waals surface area contributed by atoms with Crippen LogP contribution in [0.4, 0.5) is 13.2 Å². The van der Waals surface area contributed by atoms with E-state index in [0.717, 1.165) is 12.1 Å². The van der Waals surface area contributed by atoms with Crippen molar-refractivity contribution >= 4 is 11.9 Å². The molecule has 0 radical (unpaired) electrons. The first-order valence-corrected chi connectivity index (χ1v) is 5.65. The lowest BCUT2D eigenvalue weighted by Gasteiger charge is -2.10. The van der Waals surface area contributed by atoms with E-state index < -0.39 is 29.7 Å². The predicted octanol–water partition coefficient (Wildman–Crippen LogP) is 1.21. The maximum atomic E-state index is 12.5. The van der Waals surface area contributed by atoms with E-state index in [1.54, 1.807) is 0 Å². The fourth-order valence-electron chi connectivity index (χ4n) is 1.89. The number of carbonyl (C=O) groups is 2. The quantitative estimate of drug-likeness (QED) is 0.802. The Hall–Kier alpha value is -2.25. The van der Waals surface area contributed by atoms with Crippen LogP contribution >= 0.6 is 0 Å². The Morgan fingerprint density at radius 2 is 2.10 bits per heavy atom. The van der Waals surface area contributed by atoms with Gasteiger partial charge in [0, 0.05) is 6.42 Å². The molecule has 0 fully saturated rings. The highest BCUT2D eigenvalue weighted by molar-refractivity contribution is 6.31. The van der Waals surface area contributed by atoms with Crippen LogP contribution in [0.5, 0.6) is 5.75 Å². The molecule has 108 valence electrons. The molecule has 1 aliphatic heterocycles. The number of halogens is 3. The summed E-state index contributed by atoms with van der Waals surface area (Å²) in [6.07, 6.45) is -4.82. The van der Waals surface area contributed by atoms with Crippen LogP contribution in [0.3, 0.4) is 0 Å². The van der Waals surface area contributed by atoms with Crippen LogP contribution in [0.2, 0.25) is 0 Å². The lowest BCUT2D eigenvalue weighted by atomic mass is 10.1. The number of carbonyl (C=O) groups excluding carboxylic acids is 1. The van der Waals surface area contributed by atoms with Crippen molar-refractivity contribution in [1.29, 1.82) is 0 Å². The van der Waals surface area contributed by atoms with Crippen molar-refractivity contribution in [2.75, 3.05) is 6.54 Å². The Balaban J connectivity index is 2.01. The first kappa shape index (κ1) is 14.2. The molecule has 1 aliphatic rings. The Kier molecular flexibility index (Phi) is 3.56. The second-order valence-corrected chi connectivity index (χ2v) is 4.28. The summed E-state index contributed by atoms with van der Waals surface area (Å²) in [6, 6.07) is 3.13.